The van der Waals surface area contributed by atoms with E-state index in [1.807, 2.05) is 11.5 Å². The number of aryl methyl sites for hydroxylation is 1. The average molecular weight is 278 g/mol. The monoisotopic (exact) mass is 278 g/mol. The number of nitrogens with one attached hydrogen (secondary N) is 1. The van der Waals surface area contributed by atoms with Gasteiger partial charge in [-0.05, 0) is 25.8 Å². The SMILES string of the molecule is CCn1cc(N)cc1C(=O)N1CCC(C(=O)NC)CC1. The van der Waals surface area contributed by atoms with E-state index < -0.39 is 0 Å². The Labute approximate surface area is 118 Å². The molecule has 20 heavy (non-hydrogen) atoms. The van der Waals surface area contributed by atoms with Crippen molar-refractivity contribution in [3.63, 3.8) is 0 Å². The number of hydrogen-bond acceptors (Lipinski definition) is 3. The van der Waals surface area contributed by atoms with Crippen molar-refractivity contribution in [3.8, 4) is 0 Å². The summed E-state index contributed by atoms with van der Waals surface area (Å²) in [5, 5.41) is 2.67. The van der Waals surface area contributed by atoms with E-state index in [0.29, 0.717) is 43.9 Å². The summed E-state index contributed by atoms with van der Waals surface area (Å²) in [4.78, 5) is 25.9. The van der Waals surface area contributed by atoms with E-state index in [9.17, 15) is 9.59 Å². The van der Waals surface area contributed by atoms with Crippen LogP contribution in [0.1, 0.15) is 30.3 Å². The molecule has 0 spiro atoms. The number of rotatable bonds is 3. The molecule has 1 saturated heterocycles. The molecule has 0 bridgehead atoms. The molecule has 2 heterocycles. The van der Waals surface area contributed by atoms with E-state index in [-0.39, 0.29) is 17.7 Å². The van der Waals surface area contributed by atoms with Gasteiger partial charge in [0, 0.05) is 38.8 Å². The van der Waals surface area contributed by atoms with Gasteiger partial charge in [0.1, 0.15) is 5.69 Å². The third kappa shape index (κ3) is 2.79. The molecular weight excluding hydrogens is 256 g/mol. The fourth-order valence-electron chi connectivity index (χ4n) is 2.68. The third-order valence-electron chi connectivity index (χ3n) is 3.88. The maximum absolute atomic E-state index is 12.5. The second-order valence-corrected chi connectivity index (χ2v) is 5.13. The lowest BCUT2D eigenvalue weighted by molar-refractivity contribution is -0.125. The van der Waals surface area contributed by atoms with Crippen molar-refractivity contribution in [3.05, 3.63) is 18.0 Å². The smallest absolute Gasteiger partial charge is 0.270 e. The van der Waals surface area contributed by atoms with Gasteiger partial charge in [-0.3, -0.25) is 9.59 Å². The molecule has 1 aliphatic heterocycles. The van der Waals surface area contributed by atoms with E-state index in [1.165, 1.54) is 0 Å². The first-order chi connectivity index (χ1) is 9.56. The molecular formula is C14H22N4O2. The largest absolute Gasteiger partial charge is 0.397 e. The summed E-state index contributed by atoms with van der Waals surface area (Å²) in [5.41, 5.74) is 6.99. The molecule has 1 aromatic rings. The van der Waals surface area contributed by atoms with Crippen LogP contribution in [-0.4, -0.2) is 41.4 Å². The predicted molar refractivity (Wildman–Crippen MR) is 77.2 cm³/mol. The minimum atomic E-state index is -0.00101. The Morgan fingerprint density at radius 2 is 2.05 bits per heavy atom. The Morgan fingerprint density at radius 3 is 2.60 bits per heavy atom. The van der Waals surface area contributed by atoms with Gasteiger partial charge in [0.15, 0.2) is 0 Å². The topological polar surface area (TPSA) is 80.4 Å². The van der Waals surface area contributed by atoms with Crippen molar-refractivity contribution in [2.45, 2.75) is 26.3 Å². The summed E-state index contributed by atoms with van der Waals surface area (Å²) in [6.45, 7) is 3.93. The van der Waals surface area contributed by atoms with E-state index in [0.717, 1.165) is 0 Å². The van der Waals surface area contributed by atoms with Gasteiger partial charge < -0.3 is 20.5 Å². The van der Waals surface area contributed by atoms with Crippen LogP contribution in [0.4, 0.5) is 5.69 Å². The molecule has 1 fully saturated rings. The lowest BCUT2D eigenvalue weighted by atomic mass is 9.96. The first-order valence-corrected chi connectivity index (χ1v) is 7.03. The van der Waals surface area contributed by atoms with E-state index in [2.05, 4.69) is 5.32 Å². The zero-order chi connectivity index (χ0) is 14.7. The number of carbonyl (C=O) groups excluding carboxylic acids is 2. The Balaban J connectivity index is 2.03. The van der Waals surface area contributed by atoms with Crippen LogP contribution in [0.2, 0.25) is 0 Å². The molecule has 0 atom stereocenters. The molecule has 0 unspecified atom stereocenters. The van der Waals surface area contributed by atoms with Crippen LogP contribution in [-0.2, 0) is 11.3 Å². The number of aromatic nitrogens is 1. The Morgan fingerprint density at radius 1 is 1.40 bits per heavy atom. The van der Waals surface area contributed by atoms with Gasteiger partial charge in [-0.25, -0.2) is 0 Å². The number of hydrogen-bond donors (Lipinski definition) is 2. The maximum Gasteiger partial charge on any atom is 0.270 e. The fraction of sp³-hybridized carbons (Fsp3) is 0.571. The highest BCUT2D eigenvalue weighted by atomic mass is 16.2. The van der Waals surface area contributed by atoms with Gasteiger partial charge in [0.2, 0.25) is 5.91 Å². The summed E-state index contributed by atoms with van der Waals surface area (Å²) < 4.78 is 1.86. The van der Waals surface area contributed by atoms with Crippen LogP contribution in [0.25, 0.3) is 0 Å². The van der Waals surface area contributed by atoms with Crippen LogP contribution in [0.3, 0.4) is 0 Å². The number of anilines is 1. The molecule has 0 radical (unpaired) electrons. The fourth-order valence-corrected chi connectivity index (χ4v) is 2.68. The average Bonchev–Trinajstić information content (AvgIpc) is 2.87. The highest BCUT2D eigenvalue weighted by Crippen LogP contribution is 2.20. The number of piperidine rings is 1. The summed E-state index contributed by atoms with van der Waals surface area (Å²) in [5.74, 6) is 0.0873. The van der Waals surface area contributed by atoms with Crippen molar-refractivity contribution in [2.75, 3.05) is 25.9 Å². The Bertz CT molecular complexity index is 501. The molecule has 110 valence electrons. The highest BCUT2D eigenvalue weighted by Gasteiger charge is 2.28. The zero-order valence-corrected chi connectivity index (χ0v) is 12.1. The second-order valence-electron chi connectivity index (χ2n) is 5.13. The normalized spacial score (nSPS) is 16.2. The van der Waals surface area contributed by atoms with Gasteiger partial charge in [0.05, 0.1) is 5.69 Å². The van der Waals surface area contributed by atoms with Crippen LogP contribution in [0, 0.1) is 5.92 Å². The first kappa shape index (κ1) is 14.4. The number of amides is 2. The minimum Gasteiger partial charge on any atom is -0.397 e. The molecule has 0 aliphatic carbocycles. The van der Waals surface area contributed by atoms with Gasteiger partial charge in [-0.2, -0.15) is 0 Å². The minimum absolute atomic E-state index is 0.00101. The van der Waals surface area contributed by atoms with Crippen molar-refractivity contribution in [1.82, 2.24) is 14.8 Å². The summed E-state index contributed by atoms with van der Waals surface area (Å²) >= 11 is 0. The molecule has 0 saturated carbocycles. The van der Waals surface area contributed by atoms with E-state index in [4.69, 9.17) is 5.73 Å². The molecule has 0 aromatic carbocycles. The summed E-state index contributed by atoms with van der Waals surface area (Å²) in [6.07, 6.45) is 3.21. The number of nitrogen functional groups attached to an aromatic ring is 1. The Hall–Kier alpha value is -1.98. The van der Waals surface area contributed by atoms with Crippen LogP contribution >= 0.6 is 0 Å². The quantitative estimate of drug-likeness (QED) is 0.853. The molecule has 1 aliphatic rings. The van der Waals surface area contributed by atoms with Crippen molar-refractivity contribution < 1.29 is 9.59 Å². The summed E-state index contributed by atoms with van der Waals surface area (Å²) in [6, 6.07) is 1.72. The number of likely N-dealkylation sites (tertiary alicyclic amines) is 1. The lowest BCUT2D eigenvalue weighted by Gasteiger charge is -2.31. The standard InChI is InChI=1S/C14H22N4O2/c1-3-17-9-11(15)8-12(17)14(20)18-6-4-10(5-7-18)13(19)16-2/h8-10H,3-7,15H2,1-2H3,(H,16,19). The Kier molecular flexibility index (Phi) is 4.32. The van der Waals surface area contributed by atoms with E-state index >= 15 is 0 Å². The van der Waals surface area contributed by atoms with Crippen molar-refractivity contribution in [2.24, 2.45) is 5.92 Å². The molecule has 6 nitrogen and oxygen atoms in total. The van der Waals surface area contributed by atoms with E-state index in [1.54, 1.807) is 24.2 Å². The van der Waals surface area contributed by atoms with Gasteiger partial charge in [-0.1, -0.05) is 0 Å². The number of nitrogens with two attached hydrogens (primary N) is 1. The highest BCUT2D eigenvalue weighted by molar-refractivity contribution is 5.94. The van der Waals surface area contributed by atoms with Crippen LogP contribution in [0.15, 0.2) is 12.3 Å². The molecule has 1 aromatic heterocycles. The van der Waals surface area contributed by atoms with Crippen molar-refractivity contribution >= 4 is 17.5 Å². The van der Waals surface area contributed by atoms with Crippen LogP contribution in [0.5, 0.6) is 0 Å². The first-order valence-electron chi connectivity index (χ1n) is 7.03. The molecule has 2 rings (SSSR count). The molecule has 6 heteroatoms. The predicted octanol–water partition coefficient (Wildman–Crippen LogP) is 0.688. The van der Waals surface area contributed by atoms with Crippen molar-refractivity contribution in [1.29, 1.82) is 0 Å². The summed E-state index contributed by atoms with van der Waals surface area (Å²) in [7, 11) is 1.65. The molecule has 3 N–H and O–H groups in total. The number of carbonyl (C=O) groups is 2. The maximum atomic E-state index is 12.5. The lowest BCUT2D eigenvalue weighted by Crippen LogP contribution is -2.42. The zero-order valence-electron chi connectivity index (χ0n) is 12.1. The van der Waals surface area contributed by atoms with Gasteiger partial charge in [-0.15, -0.1) is 0 Å². The second kappa shape index (κ2) is 5.98. The van der Waals surface area contributed by atoms with Gasteiger partial charge in [0.25, 0.3) is 5.91 Å². The van der Waals surface area contributed by atoms with Crippen LogP contribution < -0.4 is 11.1 Å². The van der Waals surface area contributed by atoms with Gasteiger partial charge >= 0.3 is 0 Å². The molecule has 2 amide bonds. The third-order valence-corrected chi connectivity index (χ3v) is 3.88. The number of nitrogens with zero attached hydrogens (tertiary/aromatic N) is 2.